The first-order chi connectivity index (χ1) is 12.6. The zero-order valence-electron chi connectivity index (χ0n) is 15.5. The summed E-state index contributed by atoms with van der Waals surface area (Å²) in [4.78, 5) is 0. The maximum atomic E-state index is 10.3. The molecule has 1 aromatic carbocycles. The molecule has 0 saturated carbocycles. The molecule has 1 saturated heterocycles. The number of rotatable bonds is 12. The van der Waals surface area contributed by atoms with E-state index < -0.39 is 30.7 Å². The number of benzene rings is 1. The molecule has 0 aromatic heterocycles. The summed E-state index contributed by atoms with van der Waals surface area (Å²) in [6, 6.07) is 9.40. The SMILES string of the molecule is CCCCCCCOC[C@H]1O[C@](CO)(OCc2ccccc2)[C@@H](O)[C@@H]1O. The predicted molar refractivity (Wildman–Crippen MR) is 97.5 cm³/mol. The van der Waals surface area contributed by atoms with Gasteiger partial charge in [0.05, 0.1) is 13.2 Å². The normalized spacial score (nSPS) is 28.5. The van der Waals surface area contributed by atoms with Crippen LogP contribution in [0, 0.1) is 0 Å². The van der Waals surface area contributed by atoms with Crippen molar-refractivity contribution in [3.05, 3.63) is 35.9 Å². The van der Waals surface area contributed by atoms with Crippen molar-refractivity contribution >= 4 is 0 Å². The van der Waals surface area contributed by atoms with Crippen molar-refractivity contribution in [2.75, 3.05) is 19.8 Å². The minimum absolute atomic E-state index is 0.155. The number of hydrogen-bond donors (Lipinski definition) is 3. The average molecular weight is 368 g/mol. The van der Waals surface area contributed by atoms with Crippen molar-refractivity contribution in [2.45, 2.75) is 69.7 Å². The summed E-state index contributed by atoms with van der Waals surface area (Å²) in [5.74, 6) is -1.63. The molecule has 4 atom stereocenters. The number of ether oxygens (including phenoxy) is 3. The first-order valence-corrected chi connectivity index (χ1v) is 9.53. The molecule has 1 heterocycles. The molecule has 26 heavy (non-hydrogen) atoms. The van der Waals surface area contributed by atoms with Crippen molar-refractivity contribution in [1.82, 2.24) is 0 Å². The average Bonchev–Trinajstić information content (AvgIpc) is 2.92. The monoisotopic (exact) mass is 368 g/mol. The van der Waals surface area contributed by atoms with E-state index in [1.165, 1.54) is 19.3 Å². The first-order valence-electron chi connectivity index (χ1n) is 9.53. The summed E-state index contributed by atoms with van der Waals surface area (Å²) in [6.07, 6.45) is 2.46. The molecule has 3 N–H and O–H groups in total. The van der Waals surface area contributed by atoms with Crippen LogP contribution in [-0.2, 0) is 20.8 Å². The van der Waals surface area contributed by atoms with Crippen LogP contribution in [0.1, 0.15) is 44.6 Å². The van der Waals surface area contributed by atoms with Crippen LogP contribution in [0.2, 0.25) is 0 Å². The third-order valence-electron chi connectivity index (χ3n) is 4.73. The van der Waals surface area contributed by atoms with Crippen LogP contribution in [0.15, 0.2) is 30.3 Å². The third-order valence-corrected chi connectivity index (χ3v) is 4.73. The molecule has 1 aliphatic rings. The molecule has 1 aliphatic heterocycles. The summed E-state index contributed by atoms with van der Waals surface area (Å²) in [7, 11) is 0. The van der Waals surface area contributed by atoms with E-state index in [0.717, 1.165) is 18.4 Å². The Bertz CT molecular complexity index is 496. The largest absolute Gasteiger partial charge is 0.391 e. The van der Waals surface area contributed by atoms with Crippen molar-refractivity contribution in [3.8, 4) is 0 Å². The quantitative estimate of drug-likeness (QED) is 0.489. The van der Waals surface area contributed by atoms with Crippen LogP contribution in [0.25, 0.3) is 0 Å². The summed E-state index contributed by atoms with van der Waals surface area (Å²) in [5, 5.41) is 30.3. The highest BCUT2D eigenvalue weighted by Crippen LogP contribution is 2.33. The molecule has 0 unspecified atom stereocenters. The van der Waals surface area contributed by atoms with Crippen LogP contribution in [0.4, 0.5) is 0 Å². The fourth-order valence-electron chi connectivity index (χ4n) is 3.07. The first kappa shape index (κ1) is 21.3. The zero-order chi connectivity index (χ0) is 18.8. The lowest BCUT2D eigenvalue weighted by molar-refractivity contribution is -0.282. The van der Waals surface area contributed by atoms with Crippen molar-refractivity contribution < 1.29 is 29.5 Å². The molecule has 6 nitrogen and oxygen atoms in total. The van der Waals surface area contributed by atoms with Gasteiger partial charge in [-0.3, -0.25) is 0 Å². The number of hydrogen-bond acceptors (Lipinski definition) is 6. The molecule has 0 aliphatic carbocycles. The van der Waals surface area contributed by atoms with Crippen LogP contribution in [0.3, 0.4) is 0 Å². The Morgan fingerprint density at radius 3 is 2.50 bits per heavy atom. The number of unbranched alkanes of at least 4 members (excludes halogenated alkanes) is 4. The van der Waals surface area contributed by atoms with Crippen molar-refractivity contribution in [2.24, 2.45) is 0 Å². The lowest BCUT2D eigenvalue weighted by Gasteiger charge is -2.30. The molecule has 2 rings (SSSR count). The van der Waals surface area contributed by atoms with Crippen LogP contribution in [0.5, 0.6) is 0 Å². The van der Waals surface area contributed by atoms with Crippen LogP contribution in [-0.4, -0.2) is 59.2 Å². The van der Waals surface area contributed by atoms with Crippen LogP contribution < -0.4 is 0 Å². The van der Waals surface area contributed by atoms with E-state index in [2.05, 4.69) is 6.92 Å². The Morgan fingerprint density at radius 2 is 1.81 bits per heavy atom. The van der Waals surface area contributed by atoms with E-state index in [1.54, 1.807) is 0 Å². The molecule has 1 fully saturated rings. The van der Waals surface area contributed by atoms with Gasteiger partial charge in [-0.2, -0.15) is 0 Å². The topological polar surface area (TPSA) is 88.4 Å². The molecule has 0 amide bonds. The van der Waals surface area contributed by atoms with Gasteiger partial charge in [-0.1, -0.05) is 62.9 Å². The number of aliphatic hydroxyl groups excluding tert-OH is 3. The fourth-order valence-corrected chi connectivity index (χ4v) is 3.07. The van der Waals surface area contributed by atoms with E-state index in [9.17, 15) is 15.3 Å². The Kier molecular flexibility index (Phi) is 8.98. The summed E-state index contributed by atoms with van der Waals surface area (Å²) >= 11 is 0. The third kappa shape index (κ3) is 5.74. The maximum Gasteiger partial charge on any atom is 0.221 e. The lowest BCUT2D eigenvalue weighted by Crippen LogP contribution is -2.48. The van der Waals surface area contributed by atoms with Gasteiger partial charge in [0.15, 0.2) is 0 Å². The van der Waals surface area contributed by atoms with E-state index in [1.807, 2.05) is 30.3 Å². The minimum Gasteiger partial charge on any atom is -0.391 e. The Balaban J connectivity index is 1.80. The lowest BCUT2D eigenvalue weighted by atomic mass is 10.1. The number of aliphatic hydroxyl groups is 3. The summed E-state index contributed by atoms with van der Waals surface area (Å²) < 4.78 is 16.9. The standard InChI is InChI=1S/C20H32O6/c1-2-3-4-5-9-12-24-14-17-18(22)19(23)20(15-21,26-17)25-13-16-10-7-6-8-11-16/h6-8,10-11,17-19,21-23H,2-5,9,12-15H2,1H3/t17-,18-,19+,20+/m1/s1. The minimum atomic E-state index is -1.63. The molecule has 0 radical (unpaired) electrons. The van der Waals surface area contributed by atoms with Gasteiger partial charge in [0.2, 0.25) is 5.79 Å². The second-order valence-electron chi connectivity index (χ2n) is 6.83. The second-order valence-corrected chi connectivity index (χ2v) is 6.83. The Morgan fingerprint density at radius 1 is 1.08 bits per heavy atom. The molecule has 0 bridgehead atoms. The molecular weight excluding hydrogens is 336 g/mol. The molecule has 1 aromatic rings. The van der Waals surface area contributed by atoms with Gasteiger partial charge in [0.25, 0.3) is 0 Å². The van der Waals surface area contributed by atoms with Gasteiger partial charge in [0.1, 0.15) is 24.9 Å². The van der Waals surface area contributed by atoms with Gasteiger partial charge < -0.3 is 29.5 Å². The van der Waals surface area contributed by atoms with Crippen molar-refractivity contribution in [1.29, 1.82) is 0 Å². The maximum absolute atomic E-state index is 10.3. The second kappa shape index (κ2) is 11.0. The van der Waals surface area contributed by atoms with E-state index >= 15 is 0 Å². The van der Waals surface area contributed by atoms with E-state index in [-0.39, 0.29) is 13.2 Å². The molecular formula is C20H32O6. The van der Waals surface area contributed by atoms with E-state index in [4.69, 9.17) is 14.2 Å². The summed E-state index contributed by atoms with van der Waals surface area (Å²) in [6.45, 7) is 2.53. The van der Waals surface area contributed by atoms with Gasteiger partial charge in [-0.15, -0.1) is 0 Å². The van der Waals surface area contributed by atoms with Crippen molar-refractivity contribution in [3.63, 3.8) is 0 Å². The zero-order valence-corrected chi connectivity index (χ0v) is 15.5. The molecule has 6 heteroatoms. The molecule has 0 spiro atoms. The highest BCUT2D eigenvalue weighted by molar-refractivity contribution is 5.13. The predicted octanol–water partition coefficient (Wildman–Crippen LogP) is 2.00. The van der Waals surface area contributed by atoms with E-state index in [0.29, 0.717) is 6.61 Å². The smallest absolute Gasteiger partial charge is 0.221 e. The van der Waals surface area contributed by atoms with Gasteiger partial charge in [0, 0.05) is 6.61 Å². The van der Waals surface area contributed by atoms with Gasteiger partial charge >= 0.3 is 0 Å². The van der Waals surface area contributed by atoms with Crippen LogP contribution >= 0.6 is 0 Å². The summed E-state index contributed by atoms with van der Waals surface area (Å²) in [5.41, 5.74) is 0.886. The highest BCUT2D eigenvalue weighted by Gasteiger charge is 2.55. The highest BCUT2D eigenvalue weighted by atomic mass is 16.7. The van der Waals surface area contributed by atoms with Gasteiger partial charge in [-0.05, 0) is 12.0 Å². The van der Waals surface area contributed by atoms with Gasteiger partial charge in [-0.25, -0.2) is 0 Å². The fraction of sp³-hybridized carbons (Fsp3) is 0.700. The molecule has 148 valence electrons. The Labute approximate surface area is 155 Å². The Hall–Kier alpha value is -1.02.